The van der Waals surface area contributed by atoms with Crippen molar-refractivity contribution in [3.05, 3.63) is 11.6 Å². The molecule has 0 amide bonds. The van der Waals surface area contributed by atoms with Crippen LogP contribution in [0.2, 0.25) is 0 Å². The molecule has 4 aliphatic carbocycles. The van der Waals surface area contributed by atoms with Crippen molar-refractivity contribution in [2.24, 2.45) is 28.6 Å². The maximum Gasteiger partial charge on any atom is 0.101 e. The summed E-state index contributed by atoms with van der Waals surface area (Å²) in [5.74, 6) is 0.986. The minimum atomic E-state index is -0.688. The van der Waals surface area contributed by atoms with Crippen LogP contribution in [0.1, 0.15) is 58.8 Å². The van der Waals surface area contributed by atoms with E-state index in [0.29, 0.717) is 31.1 Å². The first-order valence-electron chi connectivity index (χ1n) is 9.05. The lowest BCUT2D eigenvalue weighted by Crippen LogP contribution is -2.53. The second kappa shape index (κ2) is 4.80. The molecule has 0 aromatic rings. The van der Waals surface area contributed by atoms with E-state index in [2.05, 4.69) is 13.8 Å². The Labute approximate surface area is 132 Å². The van der Waals surface area contributed by atoms with E-state index in [1.807, 2.05) is 6.08 Å². The molecular formula is C19H29FO2. The van der Waals surface area contributed by atoms with Gasteiger partial charge in [0.2, 0.25) is 0 Å². The Balaban J connectivity index is 1.73. The largest absolute Gasteiger partial charge is 0.393 e. The molecule has 0 aromatic heterocycles. The third-order valence-corrected chi connectivity index (χ3v) is 7.82. The lowest BCUT2D eigenvalue weighted by Gasteiger charge is -2.58. The minimum Gasteiger partial charge on any atom is -0.393 e. The molecule has 22 heavy (non-hydrogen) atoms. The van der Waals surface area contributed by atoms with Crippen molar-refractivity contribution in [2.75, 3.05) is 0 Å². The molecule has 0 unspecified atom stereocenters. The van der Waals surface area contributed by atoms with Gasteiger partial charge in [-0.15, -0.1) is 0 Å². The standard InChI is InChI=1S/C19H29FO2/c1-18-5-4-14-17(15(18)9-12(20)10-18)16(22)8-11-7-13(21)3-6-19(11,14)2/h8,12-17,21-22H,3-7,9-10H2,1-2H3/t12-,13-,14+,15+,16+,17-,18-,19+/m1/s1. The average Bonchev–Trinajstić information content (AvgIpc) is 2.75. The molecule has 0 bridgehead atoms. The monoisotopic (exact) mass is 308 g/mol. The van der Waals surface area contributed by atoms with Gasteiger partial charge in [0.1, 0.15) is 6.17 Å². The normalized spacial score (nSPS) is 57.6. The van der Waals surface area contributed by atoms with E-state index in [1.165, 1.54) is 5.57 Å². The van der Waals surface area contributed by atoms with E-state index in [-0.39, 0.29) is 22.9 Å². The van der Waals surface area contributed by atoms with Crippen LogP contribution < -0.4 is 0 Å². The predicted octanol–water partition coefficient (Wildman–Crippen LogP) is 3.62. The SMILES string of the molecule is C[C@]12CC[C@H]3[C@@H]([C@@H](O)C=C4C[C@H](O)CC[C@@]43C)[C@@H]1C[C@@H](F)C2. The average molecular weight is 308 g/mol. The number of aliphatic hydroxyl groups excluding tert-OH is 2. The fraction of sp³-hybridized carbons (Fsp3) is 0.895. The molecule has 0 radical (unpaired) electrons. The highest BCUT2D eigenvalue weighted by Gasteiger charge is 2.59. The zero-order valence-corrected chi connectivity index (χ0v) is 13.8. The summed E-state index contributed by atoms with van der Waals surface area (Å²) < 4.78 is 14.1. The first-order valence-corrected chi connectivity index (χ1v) is 9.05. The molecule has 0 spiro atoms. The summed E-state index contributed by atoms with van der Waals surface area (Å²) in [6.07, 6.45) is 6.74. The van der Waals surface area contributed by atoms with Crippen LogP contribution in [0.15, 0.2) is 11.6 Å². The molecule has 4 rings (SSSR count). The molecule has 3 heteroatoms. The highest BCUT2D eigenvalue weighted by atomic mass is 19.1. The third kappa shape index (κ3) is 1.97. The van der Waals surface area contributed by atoms with Crippen molar-refractivity contribution in [3.8, 4) is 0 Å². The fourth-order valence-electron chi connectivity index (χ4n) is 6.60. The minimum absolute atomic E-state index is 0.0808. The highest BCUT2D eigenvalue weighted by molar-refractivity contribution is 5.27. The summed E-state index contributed by atoms with van der Waals surface area (Å²) in [6, 6.07) is 0. The van der Waals surface area contributed by atoms with Gasteiger partial charge >= 0.3 is 0 Å². The zero-order chi connectivity index (χ0) is 15.7. The fourth-order valence-corrected chi connectivity index (χ4v) is 6.60. The van der Waals surface area contributed by atoms with Crippen LogP contribution in [0, 0.1) is 28.6 Å². The number of rotatable bonds is 0. The van der Waals surface area contributed by atoms with Gasteiger partial charge in [0.05, 0.1) is 12.2 Å². The van der Waals surface area contributed by atoms with Crippen LogP contribution in [0.3, 0.4) is 0 Å². The van der Waals surface area contributed by atoms with Gasteiger partial charge in [-0.05, 0) is 73.5 Å². The van der Waals surface area contributed by atoms with Crippen molar-refractivity contribution < 1.29 is 14.6 Å². The van der Waals surface area contributed by atoms with Gasteiger partial charge in [0, 0.05) is 0 Å². The molecule has 124 valence electrons. The molecule has 2 N–H and O–H groups in total. The second-order valence-electron chi connectivity index (χ2n) is 9.02. The summed E-state index contributed by atoms with van der Waals surface area (Å²) in [5.41, 5.74) is 1.45. The Morgan fingerprint density at radius 1 is 1.14 bits per heavy atom. The molecule has 2 nitrogen and oxygen atoms in total. The Kier molecular flexibility index (Phi) is 3.30. The molecule has 3 fully saturated rings. The van der Waals surface area contributed by atoms with Gasteiger partial charge in [0.15, 0.2) is 0 Å². The van der Waals surface area contributed by atoms with Crippen molar-refractivity contribution in [1.29, 1.82) is 0 Å². The van der Waals surface area contributed by atoms with Crippen LogP contribution in [-0.2, 0) is 0 Å². The number of fused-ring (bicyclic) bond motifs is 5. The topological polar surface area (TPSA) is 40.5 Å². The lowest BCUT2D eigenvalue weighted by atomic mass is 9.47. The summed E-state index contributed by atoms with van der Waals surface area (Å²) in [4.78, 5) is 0. The maximum atomic E-state index is 14.1. The first kappa shape index (κ1) is 15.1. The summed E-state index contributed by atoms with van der Waals surface area (Å²) in [6.45, 7) is 4.57. The van der Waals surface area contributed by atoms with E-state index >= 15 is 0 Å². The van der Waals surface area contributed by atoms with Gasteiger partial charge < -0.3 is 10.2 Å². The van der Waals surface area contributed by atoms with Crippen LogP contribution in [0.25, 0.3) is 0 Å². The van der Waals surface area contributed by atoms with Crippen molar-refractivity contribution >= 4 is 0 Å². The highest BCUT2D eigenvalue weighted by Crippen LogP contribution is 2.65. The van der Waals surface area contributed by atoms with Gasteiger partial charge in [-0.1, -0.05) is 25.5 Å². The summed E-state index contributed by atoms with van der Waals surface area (Å²) >= 11 is 0. The molecule has 3 saturated carbocycles. The molecular weight excluding hydrogens is 279 g/mol. The van der Waals surface area contributed by atoms with Crippen molar-refractivity contribution in [2.45, 2.75) is 77.2 Å². The Morgan fingerprint density at radius 3 is 2.68 bits per heavy atom. The van der Waals surface area contributed by atoms with E-state index in [4.69, 9.17) is 0 Å². The smallest absolute Gasteiger partial charge is 0.101 e. The van der Waals surface area contributed by atoms with Gasteiger partial charge in [-0.25, -0.2) is 4.39 Å². The zero-order valence-electron chi connectivity index (χ0n) is 13.8. The van der Waals surface area contributed by atoms with Crippen LogP contribution in [0.5, 0.6) is 0 Å². The number of hydrogen-bond donors (Lipinski definition) is 2. The molecule has 8 atom stereocenters. The van der Waals surface area contributed by atoms with E-state index in [9.17, 15) is 14.6 Å². The Morgan fingerprint density at radius 2 is 1.91 bits per heavy atom. The van der Waals surface area contributed by atoms with E-state index < -0.39 is 12.3 Å². The first-order chi connectivity index (χ1) is 10.3. The van der Waals surface area contributed by atoms with Crippen LogP contribution in [-0.4, -0.2) is 28.6 Å². The Bertz CT molecular complexity index is 504. The van der Waals surface area contributed by atoms with Crippen LogP contribution >= 0.6 is 0 Å². The van der Waals surface area contributed by atoms with E-state index in [1.54, 1.807) is 0 Å². The number of aliphatic hydroxyl groups is 2. The molecule has 0 saturated heterocycles. The number of hydrogen-bond acceptors (Lipinski definition) is 2. The van der Waals surface area contributed by atoms with Gasteiger partial charge in [0.25, 0.3) is 0 Å². The van der Waals surface area contributed by atoms with Gasteiger partial charge in [-0.2, -0.15) is 0 Å². The van der Waals surface area contributed by atoms with Gasteiger partial charge in [-0.3, -0.25) is 0 Å². The molecule has 0 aromatic carbocycles. The molecule has 0 aliphatic heterocycles. The van der Waals surface area contributed by atoms with Crippen LogP contribution in [0.4, 0.5) is 4.39 Å². The summed E-state index contributed by atoms with van der Waals surface area (Å²) in [7, 11) is 0. The summed E-state index contributed by atoms with van der Waals surface area (Å²) in [5, 5.41) is 20.8. The molecule has 4 aliphatic rings. The van der Waals surface area contributed by atoms with Crippen molar-refractivity contribution in [3.63, 3.8) is 0 Å². The lowest BCUT2D eigenvalue weighted by molar-refractivity contribution is -0.0825. The quantitative estimate of drug-likeness (QED) is 0.671. The third-order valence-electron chi connectivity index (χ3n) is 7.82. The predicted molar refractivity (Wildman–Crippen MR) is 84.0 cm³/mol. The Hall–Kier alpha value is -0.410. The van der Waals surface area contributed by atoms with E-state index in [0.717, 1.165) is 25.7 Å². The number of alkyl halides is 1. The molecule has 0 heterocycles. The maximum absolute atomic E-state index is 14.1. The second-order valence-corrected chi connectivity index (χ2v) is 9.02. The number of halogens is 1. The van der Waals surface area contributed by atoms with Crippen molar-refractivity contribution in [1.82, 2.24) is 0 Å².